The van der Waals surface area contributed by atoms with Crippen LogP contribution in [0.4, 0.5) is 14.5 Å². The van der Waals surface area contributed by atoms with Gasteiger partial charge in [-0.2, -0.15) is 0 Å². The van der Waals surface area contributed by atoms with Crippen molar-refractivity contribution in [3.8, 4) is 0 Å². The van der Waals surface area contributed by atoms with E-state index in [0.29, 0.717) is 5.41 Å². The molecule has 1 heterocycles. The molecule has 0 aromatic heterocycles. The molecule has 0 unspecified atom stereocenters. The third-order valence-corrected chi connectivity index (χ3v) is 4.98. The van der Waals surface area contributed by atoms with Gasteiger partial charge in [-0.05, 0) is 30.4 Å². The number of hydrogen-bond acceptors (Lipinski definition) is 1. The van der Waals surface area contributed by atoms with E-state index in [1.807, 2.05) is 0 Å². The molecular weight excluding hydrogens is 240 g/mol. The third kappa shape index (κ3) is 3.12. The monoisotopic (exact) mass is 257 g/mol. The van der Waals surface area contributed by atoms with Gasteiger partial charge in [0, 0.05) is 11.5 Å². The number of rotatable bonds is 1. The zero-order chi connectivity index (χ0) is 12.5. The Morgan fingerprint density at radius 1 is 1.12 bits per heavy atom. The van der Waals surface area contributed by atoms with Crippen molar-refractivity contribution in [2.45, 2.75) is 26.7 Å². The van der Waals surface area contributed by atoms with Crippen LogP contribution in [-0.2, 0) is 10.7 Å². The lowest BCUT2D eigenvalue weighted by molar-refractivity contribution is 0.335. The van der Waals surface area contributed by atoms with Gasteiger partial charge in [0.25, 0.3) is 0 Å². The molecule has 0 radical (unpaired) electrons. The van der Waals surface area contributed by atoms with E-state index < -0.39 is 11.6 Å². The zero-order valence-electron chi connectivity index (χ0n) is 10.2. The molecule has 1 aliphatic heterocycles. The van der Waals surface area contributed by atoms with Gasteiger partial charge in [0.2, 0.25) is 0 Å². The van der Waals surface area contributed by atoms with Crippen LogP contribution in [0.1, 0.15) is 26.7 Å². The van der Waals surface area contributed by atoms with Crippen LogP contribution in [0.15, 0.2) is 22.6 Å². The lowest BCUT2D eigenvalue weighted by Gasteiger charge is -2.30. The normalized spacial score (nSPS) is 20.2. The number of halogens is 2. The van der Waals surface area contributed by atoms with Gasteiger partial charge in [-0.1, -0.05) is 30.6 Å². The van der Waals surface area contributed by atoms with E-state index in [0.717, 1.165) is 24.3 Å². The fraction of sp³-hybridized carbons (Fsp3) is 0.538. The van der Waals surface area contributed by atoms with Crippen LogP contribution in [0.2, 0.25) is 0 Å². The van der Waals surface area contributed by atoms with Crippen molar-refractivity contribution in [1.29, 1.82) is 0 Å². The van der Waals surface area contributed by atoms with E-state index in [9.17, 15) is 8.78 Å². The van der Waals surface area contributed by atoms with Crippen LogP contribution in [-0.4, -0.2) is 11.5 Å². The summed E-state index contributed by atoms with van der Waals surface area (Å²) < 4.78 is 31.1. The van der Waals surface area contributed by atoms with Crippen molar-refractivity contribution in [2.75, 3.05) is 11.5 Å². The van der Waals surface area contributed by atoms with Crippen LogP contribution >= 0.6 is 0 Å². The number of benzene rings is 1. The van der Waals surface area contributed by atoms with Gasteiger partial charge in [0.1, 0.15) is 5.69 Å². The van der Waals surface area contributed by atoms with Gasteiger partial charge < -0.3 is 0 Å². The minimum Gasteiger partial charge on any atom is -0.222 e. The fourth-order valence-corrected chi connectivity index (χ4v) is 4.21. The summed E-state index contributed by atoms with van der Waals surface area (Å²) in [6, 6.07) is 3.90. The number of hydrogen-bond donors (Lipinski definition) is 0. The largest absolute Gasteiger partial charge is 0.222 e. The molecular formula is C13H17F2NS. The first-order valence-electron chi connectivity index (χ1n) is 5.81. The maximum absolute atomic E-state index is 13.4. The van der Waals surface area contributed by atoms with E-state index in [2.05, 4.69) is 18.2 Å². The van der Waals surface area contributed by atoms with E-state index in [-0.39, 0.29) is 16.4 Å². The maximum atomic E-state index is 13.4. The summed E-state index contributed by atoms with van der Waals surface area (Å²) in [6.45, 7) is 4.47. The molecule has 0 aliphatic carbocycles. The molecule has 0 atom stereocenters. The first kappa shape index (κ1) is 12.7. The second-order valence-electron chi connectivity index (χ2n) is 5.20. The van der Waals surface area contributed by atoms with Gasteiger partial charge in [0.05, 0.1) is 0 Å². The predicted octanol–water partition coefficient (Wildman–Crippen LogP) is 4.22. The summed E-state index contributed by atoms with van der Waals surface area (Å²) in [5, 5.41) is 0. The van der Waals surface area contributed by atoms with E-state index >= 15 is 0 Å². The van der Waals surface area contributed by atoms with Gasteiger partial charge in [-0.15, -0.1) is 0 Å². The summed E-state index contributed by atoms with van der Waals surface area (Å²) in [5.74, 6) is 0.784. The molecule has 0 bridgehead atoms. The predicted molar refractivity (Wildman–Crippen MR) is 68.6 cm³/mol. The molecule has 0 N–H and O–H groups in total. The molecule has 94 valence electrons. The van der Waals surface area contributed by atoms with Crippen molar-refractivity contribution < 1.29 is 8.78 Å². The van der Waals surface area contributed by atoms with E-state index in [4.69, 9.17) is 0 Å². The summed E-state index contributed by atoms with van der Waals surface area (Å²) in [6.07, 6.45) is 2.16. The highest BCUT2D eigenvalue weighted by atomic mass is 32.2. The Hall–Kier alpha value is -0.770. The van der Waals surface area contributed by atoms with Crippen LogP contribution < -0.4 is 0 Å². The molecule has 4 heteroatoms. The summed E-state index contributed by atoms with van der Waals surface area (Å²) in [5.41, 5.74) is 0.267. The molecule has 1 aromatic rings. The van der Waals surface area contributed by atoms with Gasteiger partial charge in [-0.3, -0.25) is 0 Å². The van der Waals surface area contributed by atoms with Crippen LogP contribution in [0.3, 0.4) is 0 Å². The van der Waals surface area contributed by atoms with Gasteiger partial charge >= 0.3 is 0 Å². The average Bonchev–Trinajstić information content (AvgIpc) is 2.26. The summed E-state index contributed by atoms with van der Waals surface area (Å²) in [4.78, 5) is 0. The molecule has 1 nitrogen and oxygen atoms in total. The Bertz CT molecular complexity index is 422. The minimum atomic E-state index is -0.553. The molecule has 1 fully saturated rings. The summed E-state index contributed by atoms with van der Waals surface area (Å²) in [7, 11) is -0.218. The highest BCUT2D eigenvalue weighted by Gasteiger charge is 2.24. The van der Waals surface area contributed by atoms with Crippen molar-refractivity contribution in [3.05, 3.63) is 29.8 Å². The number of nitrogens with zero attached hydrogens (tertiary/aromatic N) is 1. The Balaban J connectivity index is 2.21. The molecule has 1 aliphatic rings. The molecule has 0 amide bonds. The lowest BCUT2D eigenvalue weighted by Crippen LogP contribution is -2.24. The van der Waals surface area contributed by atoms with Crippen molar-refractivity contribution in [2.24, 2.45) is 9.78 Å². The fourth-order valence-electron chi connectivity index (χ4n) is 1.81. The highest BCUT2D eigenvalue weighted by Crippen LogP contribution is 2.32. The SMILES string of the molecule is CC1(C)CCS(=Nc2c(F)cccc2F)CC1. The molecule has 1 aromatic carbocycles. The molecule has 1 saturated heterocycles. The van der Waals surface area contributed by atoms with Crippen LogP contribution in [0.25, 0.3) is 0 Å². The first-order chi connectivity index (χ1) is 7.98. The maximum Gasteiger partial charge on any atom is 0.152 e. The van der Waals surface area contributed by atoms with Crippen molar-refractivity contribution in [1.82, 2.24) is 0 Å². The van der Waals surface area contributed by atoms with Gasteiger partial charge in [0.15, 0.2) is 11.6 Å². The smallest absolute Gasteiger partial charge is 0.152 e. The molecule has 0 spiro atoms. The first-order valence-corrected chi connectivity index (χ1v) is 7.33. The standard InChI is InChI=1S/C13H17F2NS/c1-13(2)6-8-17(9-7-13)16-12-10(14)4-3-5-11(12)15/h3-5H,6-9H2,1-2H3. The van der Waals surface area contributed by atoms with E-state index in [1.165, 1.54) is 18.2 Å². The lowest BCUT2D eigenvalue weighted by atomic mass is 9.87. The Kier molecular flexibility index (Phi) is 3.61. The second kappa shape index (κ2) is 4.84. The van der Waals surface area contributed by atoms with Crippen LogP contribution in [0, 0.1) is 17.0 Å². The minimum absolute atomic E-state index is 0.0875. The zero-order valence-corrected chi connectivity index (χ0v) is 11.0. The van der Waals surface area contributed by atoms with Crippen molar-refractivity contribution >= 4 is 16.4 Å². The van der Waals surface area contributed by atoms with Crippen LogP contribution in [0.5, 0.6) is 0 Å². The molecule has 2 rings (SSSR count). The average molecular weight is 257 g/mol. The molecule has 0 saturated carbocycles. The highest BCUT2D eigenvalue weighted by molar-refractivity contribution is 7.87. The Labute approximate surface area is 103 Å². The van der Waals surface area contributed by atoms with Gasteiger partial charge in [-0.25, -0.2) is 13.1 Å². The third-order valence-electron chi connectivity index (χ3n) is 3.19. The topological polar surface area (TPSA) is 12.4 Å². The quantitative estimate of drug-likeness (QED) is 0.714. The molecule has 17 heavy (non-hydrogen) atoms. The Morgan fingerprint density at radius 3 is 2.18 bits per heavy atom. The van der Waals surface area contributed by atoms with Crippen molar-refractivity contribution in [3.63, 3.8) is 0 Å². The summed E-state index contributed by atoms with van der Waals surface area (Å²) >= 11 is 0. The van der Waals surface area contributed by atoms with E-state index in [1.54, 1.807) is 0 Å². The Morgan fingerprint density at radius 2 is 1.65 bits per heavy atom. The second-order valence-corrected chi connectivity index (χ2v) is 7.12.